The molecule has 9 aromatic carbocycles. The number of benzene rings is 9. The number of carbonyl (C=O) groups is 2. The Bertz CT molecular complexity index is 3790. The van der Waals surface area contributed by atoms with Gasteiger partial charge in [-0.1, -0.05) is 196 Å². The highest BCUT2D eigenvalue weighted by Crippen LogP contribution is 2.47. The third kappa shape index (κ3) is 4.06. The van der Waals surface area contributed by atoms with Gasteiger partial charge in [0.05, 0.1) is 0 Å². The van der Waals surface area contributed by atoms with Crippen molar-refractivity contribution in [2.75, 3.05) is 9.80 Å². The second kappa shape index (κ2) is 12.3. The fourth-order valence-electron chi connectivity index (χ4n) is 15.6. The van der Waals surface area contributed by atoms with Crippen molar-refractivity contribution in [3.05, 3.63) is 196 Å². The van der Waals surface area contributed by atoms with Crippen LogP contribution in [0.15, 0.2) is 152 Å². The molecular weight excluding hydrogens is 835 g/mol. The van der Waals surface area contributed by atoms with Crippen molar-refractivity contribution in [3.8, 4) is 0 Å². The van der Waals surface area contributed by atoms with Crippen LogP contribution in [0.1, 0.15) is 54.1 Å². The predicted octanol–water partition coefficient (Wildman–Crippen LogP) is 1.41. The Hall–Kier alpha value is -7.76. The first-order valence-corrected chi connectivity index (χ1v) is 24.6. The van der Waals surface area contributed by atoms with Gasteiger partial charge in [0, 0.05) is 56.4 Å². The average molecular weight is 872 g/mol. The molecule has 0 amide bonds. The number of ketones is 2. The van der Waals surface area contributed by atoms with Crippen molar-refractivity contribution in [1.29, 1.82) is 0 Å². The van der Waals surface area contributed by atoms with Gasteiger partial charge in [0.1, 0.15) is 0 Å². The Balaban J connectivity index is 1.09. The van der Waals surface area contributed by atoms with E-state index in [2.05, 4.69) is 165 Å². The highest BCUT2D eigenvalue weighted by molar-refractivity contribution is 7.11. The number of para-hydroxylation sites is 2. The summed E-state index contributed by atoms with van der Waals surface area (Å²) in [5.41, 5.74) is 34.3. The SMILES string of the molecule is Cc1cccc(C)c1B1c2cccc3c2N2c4c1ccc1c4B(c4ccccc4C1=O)c1cc4c5c(c12)B3c1cccc2c1N5c1c(ccc3c1B4c1ccccc1C3=O)B2c1c(C)cccc1C. The number of nitrogens with zero attached hydrogens (tertiary/aromatic N) is 2. The average Bonchev–Trinajstić information content (AvgIpc) is 3.37. The zero-order valence-electron chi connectivity index (χ0n) is 38.5. The third-order valence-electron chi connectivity index (χ3n) is 17.9. The molecule has 0 spiro atoms. The monoisotopic (exact) mass is 872 g/mol. The molecule has 0 saturated carbocycles. The predicted molar refractivity (Wildman–Crippen MR) is 291 cm³/mol. The molecule has 8 heterocycles. The highest BCUT2D eigenvalue weighted by Gasteiger charge is 2.59. The summed E-state index contributed by atoms with van der Waals surface area (Å²) in [5, 5.41) is 0. The van der Waals surface area contributed by atoms with Gasteiger partial charge in [0.25, 0.3) is 6.71 Å². The van der Waals surface area contributed by atoms with Gasteiger partial charge in [0.2, 0.25) is 26.9 Å². The molecule has 0 aliphatic carbocycles. The van der Waals surface area contributed by atoms with Crippen molar-refractivity contribution in [3.63, 3.8) is 0 Å². The minimum Gasteiger partial charge on any atom is -0.313 e. The van der Waals surface area contributed by atoms with E-state index in [0.717, 1.165) is 44.1 Å². The van der Waals surface area contributed by atoms with E-state index >= 15 is 9.59 Å². The van der Waals surface area contributed by atoms with Crippen LogP contribution in [-0.2, 0) is 0 Å². The number of hydrogen-bond acceptors (Lipinski definition) is 4. The lowest BCUT2D eigenvalue weighted by Gasteiger charge is -2.56. The highest BCUT2D eigenvalue weighted by atomic mass is 16.1. The summed E-state index contributed by atoms with van der Waals surface area (Å²) < 4.78 is 0. The lowest BCUT2D eigenvalue weighted by atomic mass is 9.21. The molecule has 314 valence electrons. The number of rotatable bonds is 2. The number of fused-ring (bicyclic) bond motifs is 8. The zero-order valence-corrected chi connectivity index (χ0v) is 38.5. The van der Waals surface area contributed by atoms with E-state index in [1.54, 1.807) is 0 Å². The Morgan fingerprint density at radius 3 is 1.01 bits per heavy atom. The fourth-order valence-corrected chi connectivity index (χ4v) is 15.6. The number of carbonyl (C=O) groups excluding carboxylic acids is 2. The van der Waals surface area contributed by atoms with Crippen molar-refractivity contribution >= 4 is 161 Å². The van der Waals surface area contributed by atoms with Crippen molar-refractivity contribution in [2.24, 2.45) is 0 Å². The molecule has 0 saturated heterocycles. The molecule has 9 heteroatoms. The summed E-state index contributed by atoms with van der Waals surface area (Å²) in [7, 11) is 0. The van der Waals surface area contributed by atoms with E-state index in [4.69, 9.17) is 0 Å². The van der Waals surface area contributed by atoms with Crippen LogP contribution in [0.4, 0.5) is 34.1 Å². The topological polar surface area (TPSA) is 40.6 Å². The lowest BCUT2D eigenvalue weighted by molar-refractivity contribution is 0.103. The Morgan fingerprint density at radius 2 is 0.594 bits per heavy atom. The van der Waals surface area contributed by atoms with Crippen LogP contribution in [-0.4, -0.2) is 45.1 Å². The molecule has 17 rings (SSSR count). The second-order valence-electron chi connectivity index (χ2n) is 20.9. The number of hydrogen-bond donors (Lipinski definition) is 0. The van der Waals surface area contributed by atoms with Crippen LogP contribution >= 0.6 is 0 Å². The molecule has 8 aliphatic rings. The van der Waals surface area contributed by atoms with Crippen molar-refractivity contribution in [1.82, 2.24) is 0 Å². The second-order valence-corrected chi connectivity index (χ2v) is 20.9. The maximum absolute atomic E-state index is 15.0. The summed E-state index contributed by atoms with van der Waals surface area (Å²) in [5.74, 6) is 0.193. The van der Waals surface area contributed by atoms with Crippen molar-refractivity contribution in [2.45, 2.75) is 27.7 Å². The summed E-state index contributed by atoms with van der Waals surface area (Å²) in [6, 6.07) is 55.9. The summed E-state index contributed by atoms with van der Waals surface area (Å²) in [4.78, 5) is 35.4. The largest absolute Gasteiger partial charge is 0.313 e. The Labute approximate surface area is 402 Å². The first-order chi connectivity index (χ1) is 33.8. The molecule has 0 fully saturated rings. The molecule has 0 N–H and O–H groups in total. The van der Waals surface area contributed by atoms with E-state index < -0.39 is 0 Å². The molecule has 0 aromatic heterocycles. The van der Waals surface area contributed by atoms with Crippen molar-refractivity contribution < 1.29 is 9.59 Å². The van der Waals surface area contributed by atoms with Crippen LogP contribution < -0.4 is 91.7 Å². The van der Waals surface area contributed by atoms with Crippen LogP contribution in [0.5, 0.6) is 0 Å². The van der Waals surface area contributed by atoms with Crippen LogP contribution in [0.2, 0.25) is 0 Å². The maximum atomic E-state index is 15.0. The van der Waals surface area contributed by atoms with Gasteiger partial charge in [-0.25, -0.2) is 0 Å². The first kappa shape index (κ1) is 37.3. The normalized spacial score (nSPS) is 15.4. The van der Waals surface area contributed by atoms with Crippen LogP contribution in [0.25, 0.3) is 0 Å². The van der Waals surface area contributed by atoms with E-state index in [-0.39, 0.29) is 45.1 Å². The summed E-state index contributed by atoms with van der Waals surface area (Å²) in [6.45, 7) is 8.55. The lowest BCUT2D eigenvalue weighted by Crippen LogP contribution is -2.77. The molecule has 0 bridgehead atoms. The molecule has 4 nitrogen and oxygen atoms in total. The first-order valence-electron chi connectivity index (χ1n) is 24.6. The molecule has 0 atom stereocenters. The van der Waals surface area contributed by atoms with Gasteiger partial charge in [-0.05, 0) is 87.8 Å². The van der Waals surface area contributed by atoms with Gasteiger partial charge < -0.3 is 9.80 Å². The van der Waals surface area contributed by atoms with E-state index in [9.17, 15) is 0 Å². The van der Waals surface area contributed by atoms with Gasteiger partial charge in [-0.2, -0.15) is 0 Å². The fraction of sp³-hybridized carbons (Fsp3) is 0.0667. The van der Waals surface area contributed by atoms with E-state index in [1.807, 2.05) is 24.3 Å². The Morgan fingerprint density at radius 1 is 0.275 bits per heavy atom. The molecule has 0 unspecified atom stereocenters. The van der Waals surface area contributed by atoms with Crippen LogP contribution in [0, 0.1) is 27.7 Å². The zero-order chi connectivity index (χ0) is 45.6. The smallest absolute Gasteiger partial charge is 0.252 e. The molecule has 69 heavy (non-hydrogen) atoms. The molecule has 0 radical (unpaired) electrons. The van der Waals surface area contributed by atoms with Gasteiger partial charge in [-0.15, -0.1) is 0 Å². The minimum absolute atomic E-state index is 0.0336. The number of aryl methyl sites for hydroxylation is 4. The van der Waals surface area contributed by atoms with Crippen LogP contribution in [0.3, 0.4) is 0 Å². The summed E-state index contributed by atoms with van der Waals surface area (Å²) >= 11 is 0. The van der Waals surface area contributed by atoms with Gasteiger partial charge in [-0.3, -0.25) is 9.59 Å². The molecule has 8 aliphatic heterocycles. The Kier molecular flexibility index (Phi) is 6.63. The molecule has 9 aromatic rings. The van der Waals surface area contributed by atoms with Gasteiger partial charge in [0.15, 0.2) is 11.6 Å². The van der Waals surface area contributed by atoms with E-state index in [0.29, 0.717) is 0 Å². The third-order valence-corrected chi connectivity index (χ3v) is 17.9. The maximum Gasteiger partial charge on any atom is 0.252 e. The van der Waals surface area contributed by atoms with E-state index in [1.165, 1.54) is 116 Å². The molecular formula is C60H37B5N2O2. The minimum atomic E-state index is -0.183. The summed E-state index contributed by atoms with van der Waals surface area (Å²) in [6.07, 6.45) is 0. The quantitative estimate of drug-likeness (QED) is 0.247. The van der Waals surface area contributed by atoms with Gasteiger partial charge >= 0.3 is 0 Å². The standard InChI is InChI=1S/C60H37B5N2O2/c1-30-13-9-14-31(2)48(30)63-40-21-11-23-42-53(40)66-55-44(63)27-25-36-50(55)61(38-19-7-5-17-34(38)59(36)68)46-29-47-58-52(57(46)66)65(42)43-24-12-22-41-54(43)67(58)56-45(64(41)49-32(3)15-10-16-33(49)4)28-26-37-51(56)62(47)39-20-8-6-18-35(39)60(37)69/h5-29H,1-4H3. The number of anilines is 6.